The summed E-state index contributed by atoms with van der Waals surface area (Å²) in [4.78, 5) is 4.27. The molecule has 3 unspecified atom stereocenters. The second kappa shape index (κ2) is 2.87. The van der Waals surface area contributed by atoms with Crippen LogP contribution in [0.15, 0.2) is 24.4 Å². The maximum atomic E-state index is 9.32. The first-order valence-corrected chi connectivity index (χ1v) is 4.38. The van der Waals surface area contributed by atoms with Crippen molar-refractivity contribution in [2.24, 2.45) is 5.92 Å². The fourth-order valence-corrected chi connectivity index (χ4v) is 1.75. The van der Waals surface area contributed by atoms with Gasteiger partial charge in [-0.15, -0.1) is 0 Å². The lowest BCUT2D eigenvalue weighted by molar-refractivity contribution is 0.0103. The highest BCUT2D eigenvalue weighted by molar-refractivity contribution is 5.15. The minimum Gasteiger partial charge on any atom is -0.393 e. The molecule has 1 saturated carbocycles. The number of aliphatic hydroxyl groups excluding tert-OH is 1. The average molecular weight is 163 g/mol. The van der Waals surface area contributed by atoms with Gasteiger partial charge in [-0.3, -0.25) is 4.98 Å². The Hall–Kier alpha value is -0.890. The molecule has 2 rings (SSSR count). The molecule has 12 heavy (non-hydrogen) atoms. The zero-order valence-corrected chi connectivity index (χ0v) is 7.14. The number of nitrogens with zero attached hydrogens (tertiary/aromatic N) is 1. The predicted molar refractivity (Wildman–Crippen MR) is 46.8 cm³/mol. The summed E-state index contributed by atoms with van der Waals surface area (Å²) >= 11 is 0. The quantitative estimate of drug-likeness (QED) is 0.681. The van der Waals surface area contributed by atoms with Crippen LogP contribution in [-0.2, 0) is 0 Å². The topological polar surface area (TPSA) is 33.1 Å². The van der Waals surface area contributed by atoms with Crippen molar-refractivity contribution in [3.63, 3.8) is 0 Å². The SMILES string of the molecule is CC1C(O)CC1c1ccccn1. The molecule has 64 valence electrons. The molecule has 1 aliphatic rings. The van der Waals surface area contributed by atoms with Crippen LogP contribution in [0.3, 0.4) is 0 Å². The number of pyridine rings is 1. The Morgan fingerprint density at radius 1 is 1.50 bits per heavy atom. The number of rotatable bonds is 1. The van der Waals surface area contributed by atoms with E-state index in [4.69, 9.17) is 0 Å². The van der Waals surface area contributed by atoms with Crippen LogP contribution in [0, 0.1) is 5.92 Å². The maximum Gasteiger partial charge on any atom is 0.0578 e. The van der Waals surface area contributed by atoms with Crippen molar-refractivity contribution in [2.45, 2.75) is 25.4 Å². The van der Waals surface area contributed by atoms with Crippen molar-refractivity contribution >= 4 is 0 Å². The van der Waals surface area contributed by atoms with Gasteiger partial charge in [0.25, 0.3) is 0 Å². The molecular formula is C10H13NO. The van der Waals surface area contributed by atoms with Crippen LogP contribution in [0.25, 0.3) is 0 Å². The second-order valence-corrected chi connectivity index (χ2v) is 3.52. The van der Waals surface area contributed by atoms with Gasteiger partial charge >= 0.3 is 0 Å². The van der Waals surface area contributed by atoms with Crippen molar-refractivity contribution in [2.75, 3.05) is 0 Å². The summed E-state index contributed by atoms with van der Waals surface area (Å²) in [5.41, 5.74) is 1.12. The van der Waals surface area contributed by atoms with Crippen LogP contribution >= 0.6 is 0 Å². The molecular weight excluding hydrogens is 150 g/mol. The Kier molecular flexibility index (Phi) is 1.85. The minimum absolute atomic E-state index is 0.114. The first-order valence-electron chi connectivity index (χ1n) is 4.38. The van der Waals surface area contributed by atoms with Crippen molar-refractivity contribution in [3.05, 3.63) is 30.1 Å². The Bertz CT molecular complexity index is 260. The lowest BCUT2D eigenvalue weighted by atomic mass is 9.70. The zero-order valence-electron chi connectivity index (χ0n) is 7.14. The Morgan fingerprint density at radius 3 is 2.83 bits per heavy atom. The highest BCUT2D eigenvalue weighted by Crippen LogP contribution is 2.41. The van der Waals surface area contributed by atoms with E-state index in [1.54, 1.807) is 0 Å². The van der Waals surface area contributed by atoms with Gasteiger partial charge < -0.3 is 5.11 Å². The van der Waals surface area contributed by atoms with Crippen LogP contribution in [-0.4, -0.2) is 16.2 Å². The van der Waals surface area contributed by atoms with Crippen LogP contribution in [0.5, 0.6) is 0 Å². The van der Waals surface area contributed by atoms with Crippen molar-refractivity contribution in [3.8, 4) is 0 Å². The first kappa shape index (κ1) is 7.74. The van der Waals surface area contributed by atoms with Crippen LogP contribution < -0.4 is 0 Å². The van der Waals surface area contributed by atoms with Gasteiger partial charge in [-0.25, -0.2) is 0 Å². The molecule has 0 bridgehead atoms. The third-order valence-electron chi connectivity index (χ3n) is 2.80. The summed E-state index contributed by atoms with van der Waals surface area (Å²) in [6, 6.07) is 5.95. The molecule has 1 aromatic rings. The summed E-state index contributed by atoms with van der Waals surface area (Å²) in [7, 11) is 0. The highest BCUT2D eigenvalue weighted by Gasteiger charge is 2.37. The van der Waals surface area contributed by atoms with Gasteiger partial charge in [0.2, 0.25) is 0 Å². The Labute approximate surface area is 72.3 Å². The van der Waals surface area contributed by atoms with Crippen molar-refractivity contribution in [1.82, 2.24) is 4.98 Å². The molecule has 1 heterocycles. The maximum absolute atomic E-state index is 9.32. The van der Waals surface area contributed by atoms with E-state index >= 15 is 0 Å². The molecule has 3 atom stereocenters. The summed E-state index contributed by atoms with van der Waals surface area (Å²) in [5, 5.41) is 9.32. The molecule has 1 fully saturated rings. The molecule has 1 aromatic heterocycles. The van der Waals surface area contributed by atoms with E-state index in [0.29, 0.717) is 11.8 Å². The third-order valence-corrected chi connectivity index (χ3v) is 2.80. The Morgan fingerprint density at radius 2 is 2.33 bits per heavy atom. The van der Waals surface area contributed by atoms with Gasteiger partial charge in [0.1, 0.15) is 0 Å². The fraction of sp³-hybridized carbons (Fsp3) is 0.500. The van der Waals surface area contributed by atoms with Gasteiger partial charge in [0.05, 0.1) is 6.10 Å². The summed E-state index contributed by atoms with van der Waals surface area (Å²) < 4.78 is 0. The molecule has 1 N–H and O–H groups in total. The second-order valence-electron chi connectivity index (χ2n) is 3.52. The van der Waals surface area contributed by atoms with Crippen molar-refractivity contribution in [1.29, 1.82) is 0 Å². The van der Waals surface area contributed by atoms with Gasteiger partial charge in [-0.2, -0.15) is 0 Å². The molecule has 0 saturated heterocycles. The molecule has 2 heteroatoms. The predicted octanol–water partition coefficient (Wildman–Crippen LogP) is 1.57. The van der Waals surface area contributed by atoms with Gasteiger partial charge in [0.15, 0.2) is 0 Å². The summed E-state index contributed by atoms with van der Waals surface area (Å²) in [5.74, 6) is 0.848. The van der Waals surface area contributed by atoms with E-state index in [0.717, 1.165) is 12.1 Å². The van der Waals surface area contributed by atoms with Gasteiger partial charge in [0, 0.05) is 17.8 Å². The smallest absolute Gasteiger partial charge is 0.0578 e. The molecule has 0 spiro atoms. The van der Waals surface area contributed by atoms with E-state index in [1.807, 2.05) is 24.4 Å². The average Bonchev–Trinajstić information content (AvgIpc) is 2.15. The zero-order chi connectivity index (χ0) is 8.55. The van der Waals surface area contributed by atoms with E-state index in [1.165, 1.54) is 0 Å². The van der Waals surface area contributed by atoms with Crippen LogP contribution in [0.2, 0.25) is 0 Å². The lowest BCUT2D eigenvalue weighted by Crippen LogP contribution is -2.37. The minimum atomic E-state index is -0.114. The van der Waals surface area contributed by atoms with Gasteiger partial charge in [-0.1, -0.05) is 13.0 Å². The third kappa shape index (κ3) is 1.12. The molecule has 2 nitrogen and oxygen atoms in total. The largest absolute Gasteiger partial charge is 0.393 e. The first-order chi connectivity index (χ1) is 5.79. The van der Waals surface area contributed by atoms with Crippen LogP contribution in [0.1, 0.15) is 25.0 Å². The fourth-order valence-electron chi connectivity index (χ4n) is 1.75. The highest BCUT2D eigenvalue weighted by atomic mass is 16.3. The number of hydrogen-bond donors (Lipinski definition) is 1. The molecule has 0 radical (unpaired) electrons. The number of aliphatic hydroxyl groups is 1. The summed E-state index contributed by atoms with van der Waals surface area (Å²) in [6.45, 7) is 2.08. The Balaban J connectivity index is 2.13. The number of hydrogen-bond acceptors (Lipinski definition) is 2. The van der Waals surface area contributed by atoms with Crippen LogP contribution in [0.4, 0.5) is 0 Å². The van der Waals surface area contributed by atoms with Gasteiger partial charge in [-0.05, 0) is 24.5 Å². The summed E-state index contributed by atoms with van der Waals surface area (Å²) in [6.07, 6.45) is 2.57. The lowest BCUT2D eigenvalue weighted by Gasteiger charge is -2.38. The van der Waals surface area contributed by atoms with E-state index in [-0.39, 0.29) is 6.10 Å². The molecule has 0 aliphatic heterocycles. The van der Waals surface area contributed by atoms with E-state index in [2.05, 4.69) is 11.9 Å². The van der Waals surface area contributed by atoms with E-state index in [9.17, 15) is 5.11 Å². The molecule has 0 amide bonds. The normalized spacial score (nSPS) is 34.3. The molecule has 0 aromatic carbocycles. The van der Waals surface area contributed by atoms with E-state index < -0.39 is 0 Å². The van der Waals surface area contributed by atoms with Crippen molar-refractivity contribution < 1.29 is 5.11 Å². The number of aromatic nitrogens is 1. The standard InChI is InChI=1S/C10H13NO/c1-7-8(6-10(7)12)9-4-2-3-5-11-9/h2-5,7-8,10,12H,6H2,1H3. The monoisotopic (exact) mass is 163 g/mol. The molecule has 1 aliphatic carbocycles.